The van der Waals surface area contributed by atoms with Crippen LogP contribution in [0.2, 0.25) is 0 Å². The minimum atomic E-state index is -0.766. The first-order valence-corrected chi connectivity index (χ1v) is 7.87. The number of ether oxygens (including phenoxy) is 2. The van der Waals surface area contributed by atoms with Crippen LogP contribution in [-0.4, -0.2) is 48.3 Å². The molecule has 0 bridgehead atoms. The molecule has 0 saturated carbocycles. The van der Waals surface area contributed by atoms with Crippen molar-refractivity contribution in [3.05, 3.63) is 24.3 Å². The number of rotatable bonds is 7. The van der Waals surface area contributed by atoms with E-state index in [1.54, 1.807) is 0 Å². The van der Waals surface area contributed by atoms with E-state index in [1.165, 1.54) is 0 Å². The van der Waals surface area contributed by atoms with Gasteiger partial charge in [0.2, 0.25) is 0 Å². The number of nitrogens with zero attached hydrogens (tertiary/aromatic N) is 1. The summed E-state index contributed by atoms with van der Waals surface area (Å²) in [5, 5.41) is 8.89. The maximum atomic E-state index is 10.8. The first-order chi connectivity index (χ1) is 10.5. The Morgan fingerprint density at radius 1 is 1.36 bits per heavy atom. The van der Waals surface area contributed by atoms with Crippen molar-refractivity contribution >= 4 is 5.97 Å². The molecule has 1 fully saturated rings. The van der Waals surface area contributed by atoms with Gasteiger partial charge >= 0.3 is 5.97 Å². The number of carboxylic acids is 1. The molecule has 1 aliphatic rings. The SMILES string of the molecule is CC(C)Oc1ccccc1OCC1CCCN(CC(=O)O)C1. The minimum absolute atomic E-state index is 0.102. The molecule has 1 unspecified atom stereocenters. The third kappa shape index (κ3) is 5.22. The molecule has 0 aromatic heterocycles. The Balaban J connectivity index is 1.88. The highest BCUT2D eigenvalue weighted by molar-refractivity contribution is 5.69. The van der Waals surface area contributed by atoms with Gasteiger partial charge in [0.15, 0.2) is 11.5 Å². The normalized spacial score (nSPS) is 19.1. The Hall–Kier alpha value is -1.75. The fraction of sp³-hybridized carbons (Fsp3) is 0.588. The Morgan fingerprint density at radius 3 is 2.77 bits per heavy atom. The van der Waals surface area contributed by atoms with Gasteiger partial charge in [-0.1, -0.05) is 12.1 Å². The number of benzene rings is 1. The van der Waals surface area contributed by atoms with Crippen molar-refractivity contribution in [2.45, 2.75) is 32.8 Å². The summed E-state index contributed by atoms with van der Waals surface area (Å²) >= 11 is 0. The maximum Gasteiger partial charge on any atom is 0.317 e. The summed E-state index contributed by atoms with van der Waals surface area (Å²) in [6, 6.07) is 7.68. The van der Waals surface area contributed by atoms with Crippen molar-refractivity contribution in [1.29, 1.82) is 0 Å². The molecule has 122 valence electrons. The van der Waals surface area contributed by atoms with Gasteiger partial charge in [0, 0.05) is 12.5 Å². The van der Waals surface area contributed by atoms with Crippen LogP contribution < -0.4 is 9.47 Å². The molecular weight excluding hydrogens is 282 g/mol. The molecule has 0 spiro atoms. The van der Waals surface area contributed by atoms with Crippen LogP contribution in [0.1, 0.15) is 26.7 Å². The van der Waals surface area contributed by atoms with E-state index >= 15 is 0 Å². The van der Waals surface area contributed by atoms with Gasteiger partial charge in [0.25, 0.3) is 0 Å². The first kappa shape index (κ1) is 16.6. The van der Waals surface area contributed by atoms with Gasteiger partial charge in [-0.15, -0.1) is 0 Å². The molecule has 1 aromatic rings. The smallest absolute Gasteiger partial charge is 0.317 e. The topological polar surface area (TPSA) is 59.0 Å². The number of para-hydroxylation sites is 2. The highest BCUT2D eigenvalue weighted by Crippen LogP contribution is 2.28. The monoisotopic (exact) mass is 307 g/mol. The molecule has 0 amide bonds. The van der Waals surface area contributed by atoms with Crippen LogP contribution in [0.15, 0.2) is 24.3 Å². The van der Waals surface area contributed by atoms with E-state index in [9.17, 15) is 4.79 Å². The second-order valence-electron chi connectivity index (χ2n) is 6.06. The van der Waals surface area contributed by atoms with E-state index < -0.39 is 5.97 Å². The fourth-order valence-electron chi connectivity index (χ4n) is 2.75. The van der Waals surface area contributed by atoms with E-state index in [4.69, 9.17) is 14.6 Å². The van der Waals surface area contributed by atoms with Crippen LogP contribution >= 0.6 is 0 Å². The van der Waals surface area contributed by atoms with Crippen molar-refractivity contribution in [2.75, 3.05) is 26.2 Å². The highest BCUT2D eigenvalue weighted by atomic mass is 16.5. The number of carboxylic acid groups (broad SMARTS) is 1. The largest absolute Gasteiger partial charge is 0.489 e. The fourth-order valence-corrected chi connectivity index (χ4v) is 2.75. The predicted octanol–water partition coefficient (Wildman–Crippen LogP) is 2.65. The Bertz CT molecular complexity index is 489. The van der Waals surface area contributed by atoms with Crippen LogP contribution in [0.25, 0.3) is 0 Å². The van der Waals surface area contributed by atoms with Crippen LogP contribution in [0, 0.1) is 5.92 Å². The third-order valence-corrected chi connectivity index (χ3v) is 3.65. The van der Waals surface area contributed by atoms with Crippen molar-refractivity contribution in [3.8, 4) is 11.5 Å². The summed E-state index contributed by atoms with van der Waals surface area (Å²) < 4.78 is 11.7. The van der Waals surface area contributed by atoms with Crippen LogP contribution in [0.4, 0.5) is 0 Å². The van der Waals surface area contributed by atoms with Crippen LogP contribution in [-0.2, 0) is 4.79 Å². The zero-order chi connectivity index (χ0) is 15.9. The zero-order valence-electron chi connectivity index (χ0n) is 13.3. The lowest BCUT2D eigenvalue weighted by Crippen LogP contribution is -2.40. The van der Waals surface area contributed by atoms with E-state index in [2.05, 4.69) is 0 Å². The quantitative estimate of drug-likeness (QED) is 0.839. The average Bonchev–Trinajstić information content (AvgIpc) is 2.45. The average molecular weight is 307 g/mol. The number of hydrogen-bond acceptors (Lipinski definition) is 4. The lowest BCUT2D eigenvalue weighted by atomic mass is 9.99. The van der Waals surface area contributed by atoms with Gasteiger partial charge in [-0.25, -0.2) is 0 Å². The zero-order valence-corrected chi connectivity index (χ0v) is 13.3. The molecule has 0 aliphatic carbocycles. The molecule has 1 atom stereocenters. The van der Waals surface area contributed by atoms with Gasteiger partial charge < -0.3 is 14.6 Å². The molecule has 1 aromatic carbocycles. The summed E-state index contributed by atoms with van der Waals surface area (Å²) in [5.41, 5.74) is 0. The van der Waals surface area contributed by atoms with E-state index in [0.717, 1.165) is 37.4 Å². The van der Waals surface area contributed by atoms with Gasteiger partial charge in [0.1, 0.15) is 0 Å². The van der Waals surface area contributed by atoms with Gasteiger partial charge in [-0.2, -0.15) is 0 Å². The summed E-state index contributed by atoms with van der Waals surface area (Å²) in [6.07, 6.45) is 2.19. The molecule has 22 heavy (non-hydrogen) atoms. The number of piperidine rings is 1. The molecule has 0 radical (unpaired) electrons. The number of likely N-dealkylation sites (tertiary alicyclic amines) is 1. The van der Waals surface area contributed by atoms with Gasteiger partial charge in [-0.3, -0.25) is 9.69 Å². The molecule has 5 nitrogen and oxygen atoms in total. The molecule has 1 saturated heterocycles. The number of hydrogen-bond donors (Lipinski definition) is 1. The maximum absolute atomic E-state index is 10.8. The lowest BCUT2D eigenvalue weighted by molar-refractivity contribution is -0.138. The Kier molecular flexibility index (Phi) is 6.07. The highest BCUT2D eigenvalue weighted by Gasteiger charge is 2.22. The molecular formula is C17H25NO4. The first-order valence-electron chi connectivity index (χ1n) is 7.87. The summed E-state index contributed by atoms with van der Waals surface area (Å²) in [7, 11) is 0. The van der Waals surface area contributed by atoms with Gasteiger partial charge in [-0.05, 0) is 45.4 Å². The predicted molar refractivity (Wildman–Crippen MR) is 84.5 cm³/mol. The molecule has 1 N–H and O–H groups in total. The van der Waals surface area contributed by atoms with Crippen molar-refractivity contribution < 1.29 is 19.4 Å². The summed E-state index contributed by atoms with van der Waals surface area (Å²) in [5.74, 6) is 1.11. The molecule has 1 heterocycles. The van der Waals surface area contributed by atoms with Crippen LogP contribution in [0.5, 0.6) is 11.5 Å². The van der Waals surface area contributed by atoms with Crippen molar-refractivity contribution in [3.63, 3.8) is 0 Å². The second kappa shape index (κ2) is 8.03. The number of carbonyl (C=O) groups is 1. The van der Waals surface area contributed by atoms with E-state index in [-0.39, 0.29) is 12.6 Å². The van der Waals surface area contributed by atoms with Crippen molar-refractivity contribution in [2.24, 2.45) is 5.92 Å². The summed E-state index contributed by atoms with van der Waals surface area (Å²) in [6.45, 7) is 6.32. The third-order valence-electron chi connectivity index (χ3n) is 3.65. The molecule has 2 rings (SSSR count). The Labute approximate surface area is 131 Å². The van der Waals surface area contributed by atoms with Gasteiger partial charge in [0.05, 0.1) is 19.3 Å². The van der Waals surface area contributed by atoms with E-state index in [1.807, 2.05) is 43.0 Å². The molecule has 5 heteroatoms. The Morgan fingerprint density at radius 2 is 2.09 bits per heavy atom. The minimum Gasteiger partial charge on any atom is -0.489 e. The van der Waals surface area contributed by atoms with Crippen molar-refractivity contribution in [1.82, 2.24) is 4.90 Å². The number of aliphatic carboxylic acids is 1. The van der Waals surface area contributed by atoms with E-state index in [0.29, 0.717) is 12.5 Å². The van der Waals surface area contributed by atoms with Crippen LogP contribution in [0.3, 0.4) is 0 Å². The standard InChI is InChI=1S/C17H25NO4/c1-13(2)22-16-8-4-3-7-15(16)21-12-14-6-5-9-18(10-14)11-17(19)20/h3-4,7-8,13-14H,5-6,9-12H2,1-2H3,(H,19,20). The summed E-state index contributed by atoms with van der Waals surface area (Å²) in [4.78, 5) is 12.8. The lowest BCUT2D eigenvalue weighted by Gasteiger charge is -2.31. The second-order valence-corrected chi connectivity index (χ2v) is 6.06. The molecule has 1 aliphatic heterocycles.